The van der Waals surface area contributed by atoms with Gasteiger partial charge in [-0.15, -0.1) is 11.8 Å². The number of thioether (sulfide) groups is 1. The molecular weight excluding hydrogens is 244 g/mol. The van der Waals surface area contributed by atoms with Gasteiger partial charge in [-0.1, -0.05) is 18.2 Å². The zero-order valence-electron chi connectivity index (χ0n) is 10.4. The Labute approximate surface area is 112 Å². The van der Waals surface area contributed by atoms with Gasteiger partial charge in [-0.3, -0.25) is 4.79 Å². The van der Waals surface area contributed by atoms with Gasteiger partial charge in [0.15, 0.2) is 0 Å². The predicted octanol–water partition coefficient (Wildman–Crippen LogP) is 1.67. The van der Waals surface area contributed by atoms with Crippen molar-refractivity contribution in [2.45, 2.75) is 18.1 Å². The number of para-hydroxylation sites is 1. The van der Waals surface area contributed by atoms with Crippen molar-refractivity contribution in [3.63, 3.8) is 0 Å². The molecule has 0 aliphatic carbocycles. The first-order valence-electron chi connectivity index (χ1n) is 6.55. The molecule has 2 aliphatic heterocycles. The molecule has 1 fully saturated rings. The third kappa shape index (κ3) is 2.40. The van der Waals surface area contributed by atoms with E-state index in [0.29, 0.717) is 11.0 Å². The number of rotatable bonds is 3. The smallest absolute Gasteiger partial charge is 0.237 e. The Morgan fingerprint density at radius 3 is 3.17 bits per heavy atom. The van der Waals surface area contributed by atoms with E-state index < -0.39 is 0 Å². The van der Waals surface area contributed by atoms with Gasteiger partial charge in [0.2, 0.25) is 5.91 Å². The summed E-state index contributed by atoms with van der Waals surface area (Å²) in [5.41, 5.74) is 2.42. The van der Waals surface area contributed by atoms with E-state index in [1.807, 2.05) is 17.0 Å². The van der Waals surface area contributed by atoms with Gasteiger partial charge >= 0.3 is 0 Å². The monoisotopic (exact) mass is 262 g/mol. The van der Waals surface area contributed by atoms with Crippen molar-refractivity contribution in [2.75, 3.05) is 30.3 Å². The topological polar surface area (TPSA) is 32.3 Å². The highest BCUT2D eigenvalue weighted by molar-refractivity contribution is 8.00. The molecule has 96 valence electrons. The highest BCUT2D eigenvalue weighted by Crippen LogP contribution is 2.28. The third-order valence-electron chi connectivity index (χ3n) is 3.65. The minimum absolute atomic E-state index is 0.261. The Morgan fingerprint density at radius 2 is 2.33 bits per heavy atom. The van der Waals surface area contributed by atoms with Crippen LogP contribution >= 0.6 is 11.8 Å². The fraction of sp³-hybridized carbons (Fsp3) is 0.500. The van der Waals surface area contributed by atoms with Gasteiger partial charge in [0.25, 0.3) is 0 Å². The molecular formula is C14H18N2OS. The van der Waals surface area contributed by atoms with Crippen LogP contribution in [-0.4, -0.2) is 36.5 Å². The van der Waals surface area contributed by atoms with Crippen molar-refractivity contribution in [3.05, 3.63) is 29.8 Å². The lowest BCUT2D eigenvalue weighted by Gasteiger charge is -2.18. The molecule has 1 aromatic carbocycles. The Balaban J connectivity index is 1.60. The van der Waals surface area contributed by atoms with E-state index in [1.165, 1.54) is 12.0 Å². The summed E-state index contributed by atoms with van der Waals surface area (Å²) < 4.78 is 0. The first-order chi connectivity index (χ1) is 8.84. The lowest BCUT2D eigenvalue weighted by Crippen LogP contribution is -2.31. The predicted molar refractivity (Wildman–Crippen MR) is 76.2 cm³/mol. The van der Waals surface area contributed by atoms with Gasteiger partial charge in [0.05, 0.1) is 5.75 Å². The molecule has 2 aliphatic rings. The van der Waals surface area contributed by atoms with Crippen molar-refractivity contribution in [1.29, 1.82) is 0 Å². The number of carbonyl (C=O) groups excluding carboxylic acids is 1. The van der Waals surface area contributed by atoms with Crippen LogP contribution in [0.5, 0.6) is 0 Å². The van der Waals surface area contributed by atoms with Crippen molar-refractivity contribution in [2.24, 2.45) is 0 Å². The summed E-state index contributed by atoms with van der Waals surface area (Å²) in [7, 11) is 0. The number of nitrogens with one attached hydrogen (secondary N) is 1. The molecule has 0 spiro atoms. The van der Waals surface area contributed by atoms with Crippen LogP contribution in [0.1, 0.15) is 12.0 Å². The number of anilines is 1. The quantitative estimate of drug-likeness (QED) is 0.899. The van der Waals surface area contributed by atoms with Crippen molar-refractivity contribution in [1.82, 2.24) is 5.32 Å². The molecule has 3 nitrogen and oxygen atoms in total. The lowest BCUT2D eigenvalue weighted by molar-refractivity contribution is -0.116. The average molecular weight is 262 g/mol. The number of hydrogen-bond donors (Lipinski definition) is 1. The normalized spacial score (nSPS) is 22.2. The Hall–Kier alpha value is -1.00. The van der Waals surface area contributed by atoms with Gasteiger partial charge in [-0.05, 0) is 31.0 Å². The summed E-state index contributed by atoms with van der Waals surface area (Å²) in [6.45, 7) is 2.99. The number of amides is 1. The minimum atomic E-state index is 0.261. The molecule has 1 saturated heterocycles. The highest BCUT2D eigenvalue weighted by Gasteiger charge is 2.25. The largest absolute Gasteiger partial charge is 0.316 e. The van der Waals surface area contributed by atoms with Crippen molar-refractivity contribution < 1.29 is 4.79 Å². The zero-order valence-corrected chi connectivity index (χ0v) is 11.2. The van der Waals surface area contributed by atoms with E-state index in [1.54, 1.807) is 11.8 Å². The average Bonchev–Trinajstić information content (AvgIpc) is 3.05. The molecule has 1 amide bonds. The van der Waals surface area contributed by atoms with Crippen molar-refractivity contribution in [3.8, 4) is 0 Å². The van der Waals surface area contributed by atoms with Crippen LogP contribution in [0.3, 0.4) is 0 Å². The molecule has 0 bridgehead atoms. The van der Waals surface area contributed by atoms with Crippen LogP contribution in [0.4, 0.5) is 5.69 Å². The molecule has 1 aromatic rings. The zero-order chi connectivity index (χ0) is 12.4. The van der Waals surface area contributed by atoms with E-state index in [9.17, 15) is 4.79 Å². The molecule has 4 heteroatoms. The Bertz CT molecular complexity index is 443. The first-order valence-corrected chi connectivity index (χ1v) is 7.60. The van der Waals surface area contributed by atoms with Gasteiger partial charge in [-0.25, -0.2) is 0 Å². The summed E-state index contributed by atoms with van der Waals surface area (Å²) in [4.78, 5) is 14.2. The summed E-state index contributed by atoms with van der Waals surface area (Å²) in [6, 6.07) is 8.24. The first kappa shape index (κ1) is 12.1. The molecule has 1 unspecified atom stereocenters. The van der Waals surface area contributed by atoms with E-state index in [0.717, 1.165) is 31.7 Å². The number of fused-ring (bicyclic) bond motifs is 1. The second kappa shape index (κ2) is 5.33. The summed E-state index contributed by atoms with van der Waals surface area (Å²) in [5, 5.41) is 3.95. The van der Waals surface area contributed by atoms with Crippen LogP contribution in [0, 0.1) is 0 Å². The van der Waals surface area contributed by atoms with Crippen LogP contribution in [0.25, 0.3) is 0 Å². The lowest BCUT2D eigenvalue weighted by atomic mass is 10.2. The van der Waals surface area contributed by atoms with Crippen LogP contribution in [-0.2, 0) is 11.2 Å². The van der Waals surface area contributed by atoms with E-state index in [-0.39, 0.29) is 5.91 Å². The number of nitrogens with zero attached hydrogens (tertiary/aromatic N) is 1. The molecule has 0 saturated carbocycles. The molecule has 0 aromatic heterocycles. The molecule has 18 heavy (non-hydrogen) atoms. The SMILES string of the molecule is O=C(CSC1CCNC1)N1CCc2ccccc21. The van der Waals surface area contributed by atoms with Crippen LogP contribution < -0.4 is 10.2 Å². The van der Waals surface area contributed by atoms with E-state index >= 15 is 0 Å². The third-order valence-corrected chi connectivity index (χ3v) is 4.93. The maximum Gasteiger partial charge on any atom is 0.237 e. The second-order valence-corrected chi connectivity index (χ2v) is 6.14. The molecule has 0 radical (unpaired) electrons. The summed E-state index contributed by atoms with van der Waals surface area (Å²) in [6.07, 6.45) is 2.19. The fourth-order valence-electron chi connectivity index (χ4n) is 2.63. The van der Waals surface area contributed by atoms with Gasteiger partial charge < -0.3 is 10.2 Å². The summed E-state index contributed by atoms with van der Waals surface area (Å²) in [5.74, 6) is 0.873. The summed E-state index contributed by atoms with van der Waals surface area (Å²) >= 11 is 1.80. The number of benzene rings is 1. The molecule has 1 atom stereocenters. The maximum absolute atomic E-state index is 12.2. The van der Waals surface area contributed by atoms with E-state index in [2.05, 4.69) is 17.4 Å². The number of hydrogen-bond acceptors (Lipinski definition) is 3. The van der Waals surface area contributed by atoms with Gasteiger partial charge in [0, 0.05) is 24.0 Å². The molecule has 3 rings (SSSR count). The van der Waals surface area contributed by atoms with Crippen molar-refractivity contribution >= 4 is 23.4 Å². The van der Waals surface area contributed by atoms with Gasteiger partial charge in [0.1, 0.15) is 0 Å². The Morgan fingerprint density at radius 1 is 1.44 bits per heavy atom. The number of carbonyl (C=O) groups is 1. The van der Waals surface area contributed by atoms with Crippen LogP contribution in [0.15, 0.2) is 24.3 Å². The molecule has 1 N–H and O–H groups in total. The van der Waals surface area contributed by atoms with Crippen LogP contribution in [0.2, 0.25) is 0 Å². The molecule has 2 heterocycles. The highest BCUT2D eigenvalue weighted by atomic mass is 32.2. The Kier molecular flexibility index (Phi) is 3.57. The van der Waals surface area contributed by atoms with E-state index in [4.69, 9.17) is 0 Å². The minimum Gasteiger partial charge on any atom is -0.316 e. The standard InChI is InChI=1S/C14H18N2OS/c17-14(10-18-12-5-7-15-9-12)16-8-6-11-3-1-2-4-13(11)16/h1-4,12,15H,5-10H2. The second-order valence-electron chi connectivity index (χ2n) is 4.85. The maximum atomic E-state index is 12.2. The van der Waals surface area contributed by atoms with Gasteiger partial charge in [-0.2, -0.15) is 0 Å². The fourth-order valence-corrected chi connectivity index (χ4v) is 3.69.